The summed E-state index contributed by atoms with van der Waals surface area (Å²) in [6.45, 7) is 2.10. The Bertz CT molecular complexity index is 853. The number of aromatic nitrogens is 1. The third-order valence-electron chi connectivity index (χ3n) is 4.82. The molecule has 1 amide bonds. The highest BCUT2D eigenvalue weighted by atomic mass is 16.5. The molecule has 0 spiro atoms. The number of piperidine rings is 1. The molecule has 0 bridgehead atoms. The number of methoxy groups -OCH3 is 1. The highest BCUT2D eigenvalue weighted by Crippen LogP contribution is 2.26. The van der Waals surface area contributed by atoms with E-state index < -0.39 is 5.97 Å². The van der Waals surface area contributed by atoms with Gasteiger partial charge in [-0.1, -0.05) is 35.5 Å². The van der Waals surface area contributed by atoms with Gasteiger partial charge in [-0.05, 0) is 19.8 Å². The van der Waals surface area contributed by atoms with Crippen LogP contribution in [-0.2, 0) is 19.1 Å². The number of esters is 2. The van der Waals surface area contributed by atoms with Crippen LogP contribution in [0.4, 0.5) is 0 Å². The van der Waals surface area contributed by atoms with Crippen LogP contribution < -0.4 is 0 Å². The predicted molar refractivity (Wildman–Crippen MR) is 98.3 cm³/mol. The molecule has 148 valence electrons. The van der Waals surface area contributed by atoms with Crippen LogP contribution in [0.2, 0.25) is 0 Å². The first-order valence-corrected chi connectivity index (χ1v) is 9.05. The van der Waals surface area contributed by atoms with Crippen LogP contribution in [0, 0.1) is 12.8 Å². The van der Waals surface area contributed by atoms with E-state index in [0.29, 0.717) is 37.4 Å². The average molecular weight is 386 g/mol. The number of hydrogen-bond acceptors (Lipinski definition) is 7. The van der Waals surface area contributed by atoms with Gasteiger partial charge in [0.2, 0.25) is 0 Å². The Labute approximate surface area is 162 Å². The fourth-order valence-electron chi connectivity index (χ4n) is 3.23. The molecule has 1 aromatic carbocycles. The highest BCUT2D eigenvalue weighted by Gasteiger charge is 2.29. The summed E-state index contributed by atoms with van der Waals surface area (Å²) in [6, 6.07) is 9.14. The van der Waals surface area contributed by atoms with Gasteiger partial charge in [0.05, 0.1) is 13.0 Å². The van der Waals surface area contributed by atoms with Crippen molar-refractivity contribution in [3.63, 3.8) is 0 Å². The van der Waals surface area contributed by atoms with E-state index in [0.717, 1.165) is 5.56 Å². The third kappa shape index (κ3) is 4.21. The molecule has 1 aliphatic rings. The SMILES string of the molecule is COC(=O)C1CCN(C(=O)COC(=O)c2c(-c3ccccc3)noc2C)CC1. The van der Waals surface area contributed by atoms with Crippen LogP contribution in [-0.4, -0.2) is 54.7 Å². The van der Waals surface area contributed by atoms with Gasteiger partial charge in [-0.3, -0.25) is 9.59 Å². The first kappa shape index (κ1) is 19.6. The van der Waals surface area contributed by atoms with Gasteiger partial charge in [0.1, 0.15) is 17.0 Å². The number of ether oxygens (including phenoxy) is 2. The number of likely N-dealkylation sites (tertiary alicyclic amines) is 1. The van der Waals surface area contributed by atoms with Gasteiger partial charge in [-0.2, -0.15) is 0 Å². The first-order chi connectivity index (χ1) is 13.5. The van der Waals surface area contributed by atoms with Crippen LogP contribution in [0.1, 0.15) is 29.0 Å². The summed E-state index contributed by atoms with van der Waals surface area (Å²) in [7, 11) is 1.36. The lowest BCUT2D eigenvalue weighted by Crippen LogP contribution is -2.42. The van der Waals surface area contributed by atoms with Gasteiger partial charge in [-0.15, -0.1) is 0 Å². The predicted octanol–water partition coefficient (Wildman–Crippen LogP) is 2.22. The summed E-state index contributed by atoms with van der Waals surface area (Å²) in [6.07, 6.45) is 1.07. The van der Waals surface area contributed by atoms with Crippen LogP contribution >= 0.6 is 0 Å². The quantitative estimate of drug-likeness (QED) is 0.727. The van der Waals surface area contributed by atoms with Crippen molar-refractivity contribution in [2.24, 2.45) is 5.92 Å². The summed E-state index contributed by atoms with van der Waals surface area (Å²) < 4.78 is 15.1. The minimum absolute atomic E-state index is 0.190. The second-order valence-electron chi connectivity index (χ2n) is 6.58. The second kappa shape index (κ2) is 8.69. The fourth-order valence-corrected chi connectivity index (χ4v) is 3.23. The van der Waals surface area contributed by atoms with Crippen molar-refractivity contribution in [3.05, 3.63) is 41.7 Å². The molecule has 0 unspecified atom stereocenters. The number of nitrogens with zero attached hydrogens (tertiary/aromatic N) is 2. The fraction of sp³-hybridized carbons (Fsp3) is 0.400. The average Bonchev–Trinajstić information content (AvgIpc) is 3.13. The van der Waals surface area contributed by atoms with E-state index in [1.165, 1.54) is 7.11 Å². The van der Waals surface area contributed by atoms with Crippen molar-refractivity contribution in [2.75, 3.05) is 26.8 Å². The molecule has 0 aliphatic carbocycles. The number of aryl methyl sites for hydroxylation is 1. The molecule has 28 heavy (non-hydrogen) atoms. The molecule has 1 aliphatic heterocycles. The Kier molecular flexibility index (Phi) is 6.08. The van der Waals surface area contributed by atoms with E-state index in [1.54, 1.807) is 11.8 Å². The van der Waals surface area contributed by atoms with Crippen molar-refractivity contribution in [2.45, 2.75) is 19.8 Å². The molecule has 1 aromatic heterocycles. The molecule has 1 saturated heterocycles. The van der Waals surface area contributed by atoms with E-state index in [2.05, 4.69) is 5.16 Å². The van der Waals surface area contributed by atoms with Crippen molar-refractivity contribution < 1.29 is 28.4 Å². The molecule has 2 heterocycles. The summed E-state index contributed by atoms with van der Waals surface area (Å²) in [5, 5.41) is 3.94. The van der Waals surface area contributed by atoms with Gasteiger partial charge in [-0.25, -0.2) is 4.79 Å². The number of carbonyl (C=O) groups is 3. The van der Waals surface area contributed by atoms with Crippen LogP contribution in [0.25, 0.3) is 11.3 Å². The monoisotopic (exact) mass is 386 g/mol. The van der Waals surface area contributed by atoms with Crippen molar-refractivity contribution in [1.82, 2.24) is 10.1 Å². The summed E-state index contributed by atoms with van der Waals surface area (Å²) in [4.78, 5) is 38.0. The lowest BCUT2D eigenvalue weighted by Gasteiger charge is -2.30. The molecule has 2 aromatic rings. The van der Waals surface area contributed by atoms with Gasteiger partial charge in [0.15, 0.2) is 6.61 Å². The Morgan fingerprint density at radius 1 is 1.18 bits per heavy atom. The lowest BCUT2D eigenvalue weighted by atomic mass is 9.97. The zero-order chi connectivity index (χ0) is 20.1. The zero-order valence-electron chi connectivity index (χ0n) is 15.8. The van der Waals surface area contributed by atoms with Gasteiger partial charge < -0.3 is 18.9 Å². The Morgan fingerprint density at radius 2 is 1.86 bits per heavy atom. The Hall–Kier alpha value is -3.16. The van der Waals surface area contributed by atoms with E-state index in [9.17, 15) is 14.4 Å². The van der Waals surface area contributed by atoms with E-state index >= 15 is 0 Å². The molecule has 0 atom stereocenters. The minimum atomic E-state index is -0.657. The van der Waals surface area contributed by atoms with E-state index in [1.807, 2.05) is 30.3 Å². The van der Waals surface area contributed by atoms with Crippen LogP contribution in [0.5, 0.6) is 0 Å². The van der Waals surface area contributed by atoms with Crippen molar-refractivity contribution >= 4 is 17.8 Å². The minimum Gasteiger partial charge on any atom is -0.469 e. The van der Waals surface area contributed by atoms with Crippen LogP contribution in [0.3, 0.4) is 0 Å². The Morgan fingerprint density at radius 3 is 2.50 bits per heavy atom. The van der Waals surface area contributed by atoms with Crippen LogP contribution in [0.15, 0.2) is 34.9 Å². The Balaban J connectivity index is 1.59. The van der Waals surface area contributed by atoms with Crippen molar-refractivity contribution in [1.29, 1.82) is 0 Å². The molecule has 1 fully saturated rings. The molecule has 8 nitrogen and oxygen atoms in total. The molecule has 0 radical (unpaired) electrons. The largest absolute Gasteiger partial charge is 0.469 e. The smallest absolute Gasteiger partial charge is 0.344 e. The van der Waals surface area contributed by atoms with Gasteiger partial charge in [0.25, 0.3) is 5.91 Å². The molecule has 8 heteroatoms. The maximum absolute atomic E-state index is 12.5. The number of amides is 1. The molecular weight excluding hydrogens is 364 g/mol. The number of benzene rings is 1. The standard InChI is InChI=1S/C20H22N2O6/c1-13-17(18(21-28-13)14-6-4-3-5-7-14)20(25)27-12-16(23)22-10-8-15(9-11-22)19(24)26-2/h3-7,15H,8-12H2,1-2H3. The zero-order valence-corrected chi connectivity index (χ0v) is 15.8. The van der Waals surface area contributed by atoms with Gasteiger partial charge in [0, 0.05) is 18.7 Å². The summed E-state index contributed by atoms with van der Waals surface area (Å²) in [5.41, 5.74) is 1.32. The topological polar surface area (TPSA) is 98.9 Å². The maximum Gasteiger partial charge on any atom is 0.344 e. The van der Waals surface area contributed by atoms with Gasteiger partial charge >= 0.3 is 11.9 Å². The molecule has 0 N–H and O–H groups in total. The lowest BCUT2D eigenvalue weighted by molar-refractivity contribution is -0.149. The molecule has 3 rings (SSSR count). The first-order valence-electron chi connectivity index (χ1n) is 9.05. The second-order valence-corrected chi connectivity index (χ2v) is 6.58. The molecular formula is C20H22N2O6. The highest BCUT2D eigenvalue weighted by molar-refractivity contribution is 5.98. The summed E-state index contributed by atoms with van der Waals surface area (Å²) in [5.74, 6) is -1.07. The normalized spacial score (nSPS) is 14.6. The third-order valence-corrected chi connectivity index (χ3v) is 4.82. The van der Waals surface area contributed by atoms with Crippen molar-refractivity contribution in [3.8, 4) is 11.3 Å². The van der Waals surface area contributed by atoms with E-state index in [4.69, 9.17) is 14.0 Å². The molecule has 0 saturated carbocycles. The number of rotatable bonds is 5. The number of carbonyl (C=O) groups excluding carboxylic acids is 3. The maximum atomic E-state index is 12.5. The summed E-state index contributed by atoms with van der Waals surface area (Å²) >= 11 is 0. The number of hydrogen-bond donors (Lipinski definition) is 0. The van der Waals surface area contributed by atoms with E-state index in [-0.39, 0.29) is 30.0 Å².